The van der Waals surface area contributed by atoms with Gasteiger partial charge in [0.25, 0.3) is 0 Å². The van der Waals surface area contributed by atoms with Gasteiger partial charge in [-0.2, -0.15) is 0 Å². The molecule has 0 saturated heterocycles. The number of aromatic nitrogens is 2. The zero-order chi connectivity index (χ0) is 24.8. The van der Waals surface area contributed by atoms with Gasteiger partial charge in [-0.05, 0) is 42.3 Å². The lowest BCUT2D eigenvalue weighted by molar-refractivity contribution is 0.471. The summed E-state index contributed by atoms with van der Waals surface area (Å²) < 4.78 is 37.5. The molecule has 0 spiro atoms. The molecule has 2 heterocycles. The molecule has 2 aromatic heterocycles. The Labute approximate surface area is 213 Å². The molecule has 0 saturated carbocycles. The number of hydrogen-bond acceptors (Lipinski definition) is 8. The Hall–Kier alpha value is -3.47. The second kappa shape index (κ2) is 11.3. The average molecular weight is 530 g/mol. The van der Waals surface area contributed by atoms with E-state index in [9.17, 15) is 8.78 Å². The summed E-state index contributed by atoms with van der Waals surface area (Å²) in [7, 11) is 1.69. The Morgan fingerprint density at radius 1 is 1.17 bits per heavy atom. The highest BCUT2D eigenvalue weighted by molar-refractivity contribution is 8.00. The van der Waals surface area contributed by atoms with Crippen molar-refractivity contribution in [3.63, 3.8) is 0 Å². The third kappa shape index (κ3) is 5.97. The predicted octanol–water partition coefficient (Wildman–Crippen LogP) is 7.26. The number of nitrogens with zero attached hydrogens (tertiary/aromatic N) is 2. The molecule has 4 aromatic rings. The summed E-state index contributed by atoms with van der Waals surface area (Å²) in [5.41, 5.74) is 3.81. The van der Waals surface area contributed by atoms with Gasteiger partial charge in [0, 0.05) is 41.5 Å². The van der Waals surface area contributed by atoms with Crippen molar-refractivity contribution in [3.8, 4) is 22.8 Å². The predicted molar refractivity (Wildman–Crippen MR) is 139 cm³/mol. The SMILES string of the molecule is CN/C(=C\C=N)c1cc(-c2cccc(F)c2)ncc1Oc1cc(F)c(SNc2cscn2)cc1Cl. The number of anilines is 1. The quantitative estimate of drug-likeness (QED) is 0.156. The van der Waals surface area contributed by atoms with Crippen molar-refractivity contribution in [1.82, 2.24) is 15.3 Å². The number of nitrogens with one attached hydrogen (secondary N) is 3. The van der Waals surface area contributed by atoms with Crippen molar-refractivity contribution < 1.29 is 13.5 Å². The summed E-state index contributed by atoms with van der Waals surface area (Å²) in [4.78, 5) is 8.75. The van der Waals surface area contributed by atoms with Crippen LogP contribution >= 0.6 is 34.9 Å². The maximum Gasteiger partial charge on any atom is 0.155 e. The van der Waals surface area contributed by atoms with Crippen molar-refractivity contribution in [1.29, 1.82) is 5.41 Å². The lowest BCUT2D eigenvalue weighted by atomic mass is 10.1. The summed E-state index contributed by atoms with van der Waals surface area (Å²) in [6.07, 6.45) is 4.10. The number of hydrogen-bond donors (Lipinski definition) is 3. The fraction of sp³-hybridized carbons (Fsp3) is 0.0417. The van der Waals surface area contributed by atoms with Crippen LogP contribution in [0.25, 0.3) is 17.0 Å². The van der Waals surface area contributed by atoms with Crippen LogP contribution in [-0.4, -0.2) is 23.2 Å². The third-order valence-corrected chi connectivity index (χ3v) is 6.43. The number of allylic oxidation sites excluding steroid dienone is 1. The molecule has 0 bridgehead atoms. The van der Waals surface area contributed by atoms with E-state index >= 15 is 0 Å². The summed E-state index contributed by atoms with van der Waals surface area (Å²) in [6, 6.07) is 10.4. The second-order valence-electron chi connectivity index (χ2n) is 6.97. The maximum atomic E-state index is 14.8. The normalized spacial score (nSPS) is 11.3. The van der Waals surface area contributed by atoms with Gasteiger partial charge in [-0.3, -0.25) is 4.98 Å². The van der Waals surface area contributed by atoms with Crippen LogP contribution < -0.4 is 14.8 Å². The minimum Gasteiger partial charge on any atom is -0.453 e. The zero-order valence-electron chi connectivity index (χ0n) is 18.2. The molecular weight excluding hydrogens is 512 g/mol. The van der Waals surface area contributed by atoms with Crippen molar-refractivity contribution in [3.05, 3.63) is 87.8 Å². The molecule has 0 radical (unpaired) electrons. The van der Waals surface area contributed by atoms with Crippen molar-refractivity contribution in [2.75, 3.05) is 11.8 Å². The molecular formula is C24H18ClF2N5OS2. The summed E-state index contributed by atoms with van der Waals surface area (Å²) >= 11 is 8.87. The number of benzene rings is 2. The van der Waals surface area contributed by atoms with Gasteiger partial charge in [-0.15, -0.1) is 11.3 Å². The summed E-state index contributed by atoms with van der Waals surface area (Å²) in [5.74, 6) is 0.0536. The van der Waals surface area contributed by atoms with Crippen molar-refractivity contribution in [2.45, 2.75) is 4.90 Å². The largest absolute Gasteiger partial charge is 0.453 e. The Bertz CT molecular complexity index is 1380. The lowest BCUT2D eigenvalue weighted by Crippen LogP contribution is -2.07. The molecule has 0 unspecified atom stereocenters. The van der Waals surface area contributed by atoms with Crippen LogP contribution in [0.1, 0.15) is 5.56 Å². The molecule has 0 atom stereocenters. The van der Waals surface area contributed by atoms with Gasteiger partial charge in [0.1, 0.15) is 23.2 Å². The standard InChI is InChI=1S/C24H18ClF2N5OS2/c1-29-19(5-6-28)16-8-20(14-3-2-4-15(26)7-14)30-11-22(16)33-21-10-18(27)23(9-17(21)25)35-32-24-12-34-13-31-24/h2-13,28-29,32H,1H3/b19-5-,28-6?. The monoisotopic (exact) mass is 529 g/mol. The van der Waals surface area contributed by atoms with E-state index in [1.54, 1.807) is 36.1 Å². The maximum absolute atomic E-state index is 14.8. The van der Waals surface area contributed by atoms with Crippen LogP contribution in [0.3, 0.4) is 0 Å². The van der Waals surface area contributed by atoms with E-state index in [1.165, 1.54) is 47.9 Å². The first-order chi connectivity index (χ1) is 17.0. The van der Waals surface area contributed by atoms with E-state index in [1.807, 2.05) is 0 Å². The highest BCUT2D eigenvalue weighted by Gasteiger charge is 2.17. The number of thiazole rings is 1. The second-order valence-corrected chi connectivity index (χ2v) is 8.94. The Kier molecular flexibility index (Phi) is 7.96. The average Bonchev–Trinajstić information content (AvgIpc) is 3.38. The Morgan fingerprint density at radius 3 is 2.74 bits per heavy atom. The zero-order valence-corrected chi connectivity index (χ0v) is 20.6. The molecule has 2 aromatic carbocycles. The number of ether oxygens (including phenoxy) is 1. The Morgan fingerprint density at radius 2 is 2.03 bits per heavy atom. The van der Waals surface area contributed by atoms with Crippen molar-refractivity contribution in [2.24, 2.45) is 0 Å². The van der Waals surface area contributed by atoms with Gasteiger partial charge in [0.15, 0.2) is 5.75 Å². The topological polar surface area (TPSA) is 82.9 Å². The molecule has 11 heteroatoms. The molecule has 35 heavy (non-hydrogen) atoms. The molecule has 4 rings (SSSR count). The highest BCUT2D eigenvalue weighted by atomic mass is 35.5. The highest BCUT2D eigenvalue weighted by Crippen LogP contribution is 2.38. The fourth-order valence-corrected chi connectivity index (χ4v) is 4.57. The van der Waals surface area contributed by atoms with Crippen molar-refractivity contribution >= 4 is 52.6 Å². The van der Waals surface area contributed by atoms with Crippen LogP contribution in [0, 0.1) is 17.0 Å². The molecule has 0 fully saturated rings. The van der Waals surface area contributed by atoms with Crippen LogP contribution in [0.4, 0.5) is 14.6 Å². The fourth-order valence-electron chi connectivity index (χ4n) is 3.09. The summed E-state index contributed by atoms with van der Waals surface area (Å²) in [6.45, 7) is 0. The lowest BCUT2D eigenvalue weighted by Gasteiger charge is -2.16. The molecule has 178 valence electrons. The van der Waals surface area contributed by atoms with Crippen LogP contribution in [0.2, 0.25) is 5.02 Å². The van der Waals surface area contributed by atoms with Gasteiger partial charge in [0.05, 0.1) is 27.3 Å². The first-order valence-electron chi connectivity index (χ1n) is 10.1. The first-order valence-corrected chi connectivity index (χ1v) is 12.2. The van der Waals surface area contributed by atoms with E-state index in [4.69, 9.17) is 21.7 Å². The third-order valence-electron chi connectivity index (χ3n) is 4.70. The van der Waals surface area contributed by atoms with Gasteiger partial charge in [-0.1, -0.05) is 23.7 Å². The molecule has 3 N–H and O–H groups in total. The summed E-state index contributed by atoms with van der Waals surface area (Å²) in [5, 5.41) is 12.5. The van der Waals surface area contributed by atoms with Crippen LogP contribution in [0.15, 0.2) is 70.5 Å². The number of rotatable bonds is 9. The van der Waals surface area contributed by atoms with Gasteiger partial charge < -0.3 is 20.2 Å². The number of pyridine rings is 1. The minimum absolute atomic E-state index is 0.0917. The van der Waals surface area contributed by atoms with E-state index in [2.05, 4.69) is 20.0 Å². The van der Waals surface area contributed by atoms with E-state index in [0.29, 0.717) is 28.3 Å². The van der Waals surface area contributed by atoms with Crippen LogP contribution in [0.5, 0.6) is 11.5 Å². The van der Waals surface area contributed by atoms with E-state index < -0.39 is 5.82 Å². The Balaban J connectivity index is 1.67. The molecule has 0 aliphatic heterocycles. The van der Waals surface area contributed by atoms with Crippen LogP contribution in [-0.2, 0) is 0 Å². The molecule has 0 amide bonds. The molecule has 0 aliphatic rings. The molecule has 0 aliphatic carbocycles. The first kappa shape index (κ1) is 24.6. The minimum atomic E-state index is -0.535. The van der Waals surface area contributed by atoms with Gasteiger partial charge in [0.2, 0.25) is 0 Å². The smallest absolute Gasteiger partial charge is 0.155 e. The van der Waals surface area contributed by atoms with E-state index in [-0.39, 0.29) is 27.2 Å². The number of halogens is 3. The van der Waals surface area contributed by atoms with E-state index in [0.717, 1.165) is 18.2 Å². The van der Waals surface area contributed by atoms with Gasteiger partial charge >= 0.3 is 0 Å². The van der Waals surface area contributed by atoms with Gasteiger partial charge in [-0.25, -0.2) is 13.8 Å². The molecule has 6 nitrogen and oxygen atoms in total.